The van der Waals surface area contributed by atoms with Crippen molar-refractivity contribution in [3.05, 3.63) is 164 Å². The molecule has 252 valence electrons. The molecule has 0 amide bonds. The first-order valence-corrected chi connectivity index (χ1v) is 17.3. The molecule has 0 atom stereocenters. The molecule has 10 heteroatoms. The molecule has 0 spiro atoms. The van der Waals surface area contributed by atoms with Crippen LogP contribution >= 0.6 is 0 Å². The number of nitrogens with zero attached hydrogens (tertiary/aromatic N) is 2. The van der Waals surface area contributed by atoms with Gasteiger partial charge in [-0.05, 0) is 66.7 Å². The Morgan fingerprint density at radius 2 is 0.922 bits per heavy atom. The number of anilines is 6. The van der Waals surface area contributed by atoms with Crippen LogP contribution in [0.2, 0.25) is 0 Å². The summed E-state index contributed by atoms with van der Waals surface area (Å²) < 4.78 is 77.1. The monoisotopic (exact) mass is 700 g/mol. The molecule has 7 aromatic carbocycles. The van der Waals surface area contributed by atoms with Crippen LogP contribution in [-0.4, -0.2) is 13.9 Å². The minimum absolute atomic E-state index is 0.152. The minimum Gasteiger partial charge on any atom is -0.451 e. The SMILES string of the molecule is O=S(=O)(Oc1ccc(N(c2ccccc2)c2ccccc2)c2c1oc1c3ccccc3c(N(c3ccccc3)c3ccccc3)cc12)C(F)(F)F. The topological polar surface area (TPSA) is 63.0 Å². The minimum atomic E-state index is -6.04. The van der Waals surface area contributed by atoms with Crippen LogP contribution in [0.15, 0.2) is 168 Å². The highest BCUT2D eigenvalue weighted by atomic mass is 32.2. The van der Waals surface area contributed by atoms with Crippen LogP contribution < -0.4 is 14.0 Å². The molecule has 0 saturated carbocycles. The molecule has 0 bridgehead atoms. The second-order valence-electron chi connectivity index (χ2n) is 11.7. The smallest absolute Gasteiger partial charge is 0.451 e. The van der Waals surface area contributed by atoms with Gasteiger partial charge in [0.2, 0.25) is 0 Å². The summed E-state index contributed by atoms with van der Waals surface area (Å²) in [6, 6.07) is 50.8. The van der Waals surface area contributed by atoms with Gasteiger partial charge in [-0.3, -0.25) is 0 Å². The van der Waals surface area contributed by atoms with Crippen LogP contribution in [-0.2, 0) is 10.1 Å². The van der Waals surface area contributed by atoms with E-state index in [2.05, 4.69) is 4.90 Å². The molecule has 0 aliphatic heterocycles. The van der Waals surface area contributed by atoms with E-state index in [1.54, 1.807) is 6.07 Å². The molecule has 0 saturated heterocycles. The average Bonchev–Trinajstić information content (AvgIpc) is 3.54. The maximum absolute atomic E-state index is 13.7. The highest BCUT2D eigenvalue weighted by Gasteiger charge is 2.49. The lowest BCUT2D eigenvalue weighted by atomic mass is 10.0. The maximum Gasteiger partial charge on any atom is 0.534 e. The summed E-state index contributed by atoms with van der Waals surface area (Å²) in [5.74, 6) is -0.586. The van der Waals surface area contributed by atoms with E-state index in [9.17, 15) is 21.6 Å². The van der Waals surface area contributed by atoms with Crippen LogP contribution in [0.3, 0.4) is 0 Å². The third kappa shape index (κ3) is 5.69. The Hall–Kier alpha value is -6.26. The van der Waals surface area contributed by atoms with Crippen LogP contribution in [0.25, 0.3) is 32.7 Å². The standard InChI is InChI=1S/C41H27F3N2O4S/c42-41(43,44)51(47,48)50-37-26-25-35(45(28-15-5-1-6-16-28)29-17-7-2-8-18-29)38-34-27-36(32-23-13-14-24-33(32)39(34)49-40(37)38)46(30-19-9-3-10-20-30)31-21-11-4-12-22-31/h1-27H. The number of benzene rings is 7. The van der Waals surface area contributed by atoms with Crippen LogP contribution in [0.1, 0.15) is 0 Å². The molecular weight excluding hydrogens is 674 g/mol. The van der Waals surface area contributed by atoms with Crippen molar-refractivity contribution in [2.45, 2.75) is 5.51 Å². The summed E-state index contributed by atoms with van der Waals surface area (Å²) in [6.45, 7) is 0. The van der Waals surface area contributed by atoms with Crippen LogP contribution in [0.5, 0.6) is 5.75 Å². The Morgan fingerprint density at radius 1 is 0.490 bits per heavy atom. The molecule has 1 heterocycles. The molecule has 0 unspecified atom stereocenters. The van der Waals surface area contributed by atoms with Gasteiger partial charge >= 0.3 is 15.6 Å². The van der Waals surface area contributed by atoms with Gasteiger partial charge in [-0.15, -0.1) is 0 Å². The van der Waals surface area contributed by atoms with E-state index < -0.39 is 21.4 Å². The number of hydrogen-bond donors (Lipinski definition) is 0. The Kier molecular flexibility index (Phi) is 7.88. The fraction of sp³-hybridized carbons (Fsp3) is 0.0244. The summed E-state index contributed by atoms with van der Waals surface area (Å²) >= 11 is 0. The third-order valence-electron chi connectivity index (χ3n) is 8.57. The summed E-state index contributed by atoms with van der Waals surface area (Å²) in [7, 11) is -6.04. The lowest BCUT2D eigenvalue weighted by Gasteiger charge is -2.27. The van der Waals surface area contributed by atoms with Gasteiger partial charge in [0.25, 0.3) is 0 Å². The van der Waals surface area contributed by atoms with Crippen molar-refractivity contribution < 1.29 is 30.2 Å². The lowest BCUT2D eigenvalue weighted by molar-refractivity contribution is -0.0499. The zero-order valence-electron chi connectivity index (χ0n) is 26.7. The van der Waals surface area contributed by atoms with Gasteiger partial charge in [-0.25, -0.2) is 0 Å². The molecular formula is C41H27F3N2O4S. The Morgan fingerprint density at radius 3 is 1.39 bits per heavy atom. The molecule has 0 aliphatic rings. The highest BCUT2D eigenvalue weighted by molar-refractivity contribution is 7.88. The quantitative estimate of drug-likeness (QED) is 0.116. The zero-order valence-corrected chi connectivity index (χ0v) is 27.5. The lowest BCUT2D eigenvalue weighted by Crippen LogP contribution is -2.28. The van der Waals surface area contributed by atoms with E-state index in [4.69, 9.17) is 8.60 Å². The van der Waals surface area contributed by atoms with E-state index in [-0.39, 0.29) is 5.58 Å². The van der Waals surface area contributed by atoms with Gasteiger partial charge in [-0.2, -0.15) is 21.6 Å². The largest absolute Gasteiger partial charge is 0.534 e. The third-order valence-corrected chi connectivity index (χ3v) is 9.53. The van der Waals surface area contributed by atoms with Crippen LogP contribution in [0.4, 0.5) is 47.3 Å². The Bertz CT molecular complexity index is 2540. The van der Waals surface area contributed by atoms with Crippen molar-refractivity contribution in [1.29, 1.82) is 0 Å². The average molecular weight is 701 g/mol. The highest BCUT2D eigenvalue weighted by Crippen LogP contribution is 2.50. The first kappa shape index (κ1) is 32.0. The molecule has 6 nitrogen and oxygen atoms in total. The van der Waals surface area contributed by atoms with Crippen molar-refractivity contribution >= 4 is 77.0 Å². The van der Waals surface area contributed by atoms with Gasteiger partial charge in [0.05, 0.1) is 16.8 Å². The van der Waals surface area contributed by atoms with Gasteiger partial charge in [0.1, 0.15) is 5.58 Å². The van der Waals surface area contributed by atoms with E-state index in [1.807, 2.05) is 157 Å². The molecule has 0 aliphatic carbocycles. The van der Waals surface area contributed by atoms with Gasteiger partial charge in [-0.1, -0.05) is 97.1 Å². The van der Waals surface area contributed by atoms with Crippen molar-refractivity contribution in [2.24, 2.45) is 0 Å². The number of alkyl halides is 3. The van der Waals surface area contributed by atoms with E-state index in [0.717, 1.165) is 33.8 Å². The normalized spacial score (nSPS) is 12.0. The number of halogens is 3. The maximum atomic E-state index is 13.7. The summed E-state index contributed by atoms with van der Waals surface area (Å²) in [5.41, 5.74) is -0.897. The molecule has 8 aromatic rings. The number of hydrogen-bond acceptors (Lipinski definition) is 6. The first-order chi connectivity index (χ1) is 24.7. The summed E-state index contributed by atoms with van der Waals surface area (Å²) in [6.07, 6.45) is 0. The molecule has 0 fully saturated rings. The Labute approximate surface area is 291 Å². The Balaban J connectivity index is 1.51. The second kappa shape index (κ2) is 12.6. The predicted molar refractivity (Wildman–Crippen MR) is 196 cm³/mol. The van der Waals surface area contributed by atoms with Gasteiger partial charge < -0.3 is 18.4 Å². The van der Waals surface area contributed by atoms with Gasteiger partial charge in [0.15, 0.2) is 11.3 Å². The number of rotatable bonds is 8. The van der Waals surface area contributed by atoms with Crippen LogP contribution in [0, 0.1) is 0 Å². The van der Waals surface area contributed by atoms with Crippen molar-refractivity contribution in [1.82, 2.24) is 0 Å². The predicted octanol–water partition coefficient (Wildman–Crippen LogP) is 11.9. The zero-order chi connectivity index (χ0) is 35.2. The molecule has 8 rings (SSSR count). The van der Waals surface area contributed by atoms with E-state index in [0.29, 0.717) is 27.4 Å². The van der Waals surface area contributed by atoms with Crippen molar-refractivity contribution in [3.8, 4) is 5.75 Å². The van der Waals surface area contributed by atoms with Crippen molar-refractivity contribution in [2.75, 3.05) is 9.80 Å². The summed E-state index contributed by atoms with van der Waals surface area (Å²) in [5, 5.41) is 2.37. The molecule has 1 aromatic heterocycles. The fourth-order valence-corrected chi connectivity index (χ4v) is 6.87. The fourth-order valence-electron chi connectivity index (χ4n) is 6.41. The van der Waals surface area contributed by atoms with E-state index >= 15 is 0 Å². The second-order valence-corrected chi connectivity index (χ2v) is 13.2. The number of para-hydroxylation sites is 4. The number of fused-ring (bicyclic) bond motifs is 5. The number of furan rings is 1. The van der Waals surface area contributed by atoms with E-state index in [1.165, 1.54) is 6.07 Å². The van der Waals surface area contributed by atoms with Gasteiger partial charge in [0, 0.05) is 38.9 Å². The molecule has 0 N–H and O–H groups in total. The molecule has 51 heavy (non-hydrogen) atoms. The first-order valence-electron chi connectivity index (χ1n) is 15.9. The molecule has 0 radical (unpaired) electrons. The summed E-state index contributed by atoms with van der Waals surface area (Å²) in [4.78, 5) is 4.04. The van der Waals surface area contributed by atoms with Crippen molar-refractivity contribution in [3.63, 3.8) is 0 Å².